The fourth-order valence-corrected chi connectivity index (χ4v) is 3.10. The van der Waals surface area contributed by atoms with Gasteiger partial charge in [0.15, 0.2) is 0 Å². The van der Waals surface area contributed by atoms with Crippen LogP contribution in [0, 0.1) is 12.8 Å². The van der Waals surface area contributed by atoms with Crippen LogP contribution in [0.2, 0.25) is 0 Å². The molecule has 5 nitrogen and oxygen atoms in total. The van der Waals surface area contributed by atoms with Crippen LogP contribution in [0.25, 0.3) is 4.24 Å². The van der Waals surface area contributed by atoms with Crippen molar-refractivity contribution in [3.63, 3.8) is 0 Å². The molecule has 2 rings (SSSR count). The first kappa shape index (κ1) is 23.9. The summed E-state index contributed by atoms with van der Waals surface area (Å²) in [6, 6.07) is 6.32. The Morgan fingerprint density at radius 3 is 2.33 bits per heavy atom. The van der Waals surface area contributed by atoms with Gasteiger partial charge in [0.1, 0.15) is 10.0 Å². The van der Waals surface area contributed by atoms with Crippen molar-refractivity contribution in [2.45, 2.75) is 50.8 Å². The molecule has 1 aromatic rings. The number of carbonyl (C=O) groups is 1. The zero-order valence-corrected chi connectivity index (χ0v) is 18.2. The molecular weight excluding hydrogens is 359 g/mol. The number of benzene rings is 1. The average Bonchev–Trinajstić information content (AvgIpc) is 2.94. The van der Waals surface area contributed by atoms with Gasteiger partial charge < -0.3 is 9.56 Å². The first-order chi connectivity index (χ1) is 10.9. The summed E-state index contributed by atoms with van der Waals surface area (Å²) in [4.78, 5) is 10.9. The Kier molecular flexibility index (Phi) is 12.2. The van der Waals surface area contributed by atoms with Gasteiger partial charge >= 0.3 is 29.6 Å². The summed E-state index contributed by atoms with van der Waals surface area (Å²) in [6.45, 7) is 4.99. The fraction of sp³-hybridized carbons (Fsp3) is 0.562. The number of nitrogens with zero attached hydrogens (tertiary/aromatic N) is 1. The van der Waals surface area contributed by atoms with Gasteiger partial charge in [-0.25, -0.2) is 8.42 Å². The quantitative estimate of drug-likeness (QED) is 0.587. The molecular formula is C16H24ClN2NaO3S. The van der Waals surface area contributed by atoms with E-state index in [9.17, 15) is 13.2 Å². The third-order valence-electron chi connectivity index (χ3n) is 3.69. The molecule has 0 saturated carbocycles. The fourth-order valence-electron chi connectivity index (χ4n) is 2.30. The summed E-state index contributed by atoms with van der Waals surface area (Å²) < 4.78 is 24.8. The Morgan fingerprint density at radius 1 is 1.25 bits per heavy atom. The Bertz CT molecular complexity index is 594. The molecule has 0 aliphatic carbocycles. The number of sulfonamides is 1. The SMILES string of the molecule is CCCCCC1CNC(=O)C1.Cc1ccc(S(=O)(=O)[N-]Cl)cc1.[Na+]. The van der Waals surface area contributed by atoms with Crippen LogP contribution in [0.15, 0.2) is 29.2 Å². The molecule has 1 N–H and O–H groups in total. The van der Waals surface area contributed by atoms with Crippen molar-refractivity contribution in [3.8, 4) is 0 Å². The molecule has 1 aliphatic heterocycles. The molecule has 1 fully saturated rings. The van der Waals surface area contributed by atoms with E-state index in [0.29, 0.717) is 5.92 Å². The van der Waals surface area contributed by atoms with Gasteiger partial charge in [-0.1, -0.05) is 43.9 Å². The van der Waals surface area contributed by atoms with Crippen LogP contribution < -0.4 is 34.9 Å². The zero-order valence-electron chi connectivity index (χ0n) is 14.6. The monoisotopic (exact) mass is 382 g/mol. The van der Waals surface area contributed by atoms with Crippen molar-refractivity contribution in [1.82, 2.24) is 5.32 Å². The van der Waals surface area contributed by atoms with Gasteiger partial charge in [0.05, 0.1) is 0 Å². The molecule has 1 aromatic carbocycles. The van der Waals surface area contributed by atoms with Gasteiger partial charge in [-0.3, -0.25) is 16.6 Å². The molecule has 130 valence electrons. The summed E-state index contributed by atoms with van der Waals surface area (Å²) in [5, 5.41) is 2.86. The standard InChI is InChI=1S/C9H17NO.C7H7ClNO2S.Na/c1-2-3-4-5-8-6-9(11)10-7-8;1-6-2-4-7(5-3-6)12(10,11)9-8;/h8H,2-7H2,1H3,(H,10,11);2-5H,1H3;/q;-1;+1. The maximum atomic E-state index is 11.0. The van der Waals surface area contributed by atoms with Gasteiger partial charge in [0.25, 0.3) is 0 Å². The predicted molar refractivity (Wildman–Crippen MR) is 92.8 cm³/mol. The predicted octanol–water partition coefficient (Wildman–Crippen LogP) is 0.918. The topological polar surface area (TPSA) is 77.3 Å². The molecule has 0 bridgehead atoms. The molecule has 0 aromatic heterocycles. The van der Waals surface area contributed by atoms with Crippen molar-refractivity contribution in [2.75, 3.05) is 6.54 Å². The second-order valence-corrected chi connectivity index (χ2v) is 7.70. The Morgan fingerprint density at radius 2 is 1.88 bits per heavy atom. The van der Waals surface area contributed by atoms with Gasteiger partial charge in [-0.2, -0.15) is 0 Å². The molecule has 1 aliphatic rings. The van der Waals surface area contributed by atoms with Crippen molar-refractivity contribution < 1.29 is 42.8 Å². The summed E-state index contributed by atoms with van der Waals surface area (Å²) in [6.07, 6.45) is 5.87. The van der Waals surface area contributed by atoms with Crippen molar-refractivity contribution in [2.24, 2.45) is 5.92 Å². The molecule has 8 heteroatoms. The number of nitrogens with one attached hydrogen (secondary N) is 1. The number of unbranched alkanes of at least 4 members (excludes halogenated alkanes) is 2. The molecule has 0 radical (unpaired) electrons. The van der Waals surface area contributed by atoms with Gasteiger partial charge in [0.2, 0.25) is 5.91 Å². The smallest absolute Gasteiger partial charge is 0.458 e. The number of carbonyl (C=O) groups excluding carboxylic acids is 1. The summed E-state index contributed by atoms with van der Waals surface area (Å²) in [7, 11) is -3.62. The summed E-state index contributed by atoms with van der Waals surface area (Å²) in [5.41, 5.74) is 0.989. The van der Waals surface area contributed by atoms with Crippen LogP contribution in [0.1, 0.15) is 44.6 Å². The first-order valence-electron chi connectivity index (χ1n) is 7.80. The normalized spacial score (nSPS) is 16.6. The molecule has 1 atom stereocenters. The summed E-state index contributed by atoms with van der Waals surface area (Å²) in [5.74, 6) is 0.876. The Labute approximate surface area is 172 Å². The van der Waals surface area contributed by atoms with E-state index in [-0.39, 0.29) is 40.4 Å². The van der Waals surface area contributed by atoms with E-state index in [0.717, 1.165) is 18.5 Å². The van der Waals surface area contributed by atoms with Crippen LogP contribution in [0.4, 0.5) is 0 Å². The minimum absolute atomic E-state index is 0. The number of hydrogen-bond donors (Lipinski definition) is 1. The van der Waals surface area contributed by atoms with Gasteiger partial charge in [0, 0.05) is 17.9 Å². The number of halogens is 1. The average molecular weight is 383 g/mol. The number of hydrogen-bond acceptors (Lipinski definition) is 3. The molecule has 1 heterocycles. The molecule has 1 unspecified atom stereocenters. The number of amides is 1. The molecule has 1 saturated heterocycles. The van der Waals surface area contributed by atoms with E-state index < -0.39 is 10.0 Å². The second kappa shape index (κ2) is 12.3. The van der Waals surface area contributed by atoms with E-state index in [1.54, 1.807) is 12.1 Å². The molecule has 1 amide bonds. The summed E-state index contributed by atoms with van der Waals surface area (Å²) >= 11 is 4.90. The van der Waals surface area contributed by atoms with Crippen LogP contribution in [-0.2, 0) is 14.8 Å². The minimum atomic E-state index is -3.62. The van der Waals surface area contributed by atoms with Crippen molar-refractivity contribution in [1.29, 1.82) is 0 Å². The van der Waals surface area contributed by atoms with E-state index in [2.05, 4.69) is 16.5 Å². The number of rotatable bonds is 6. The zero-order chi connectivity index (χ0) is 17.3. The Hall–Kier alpha value is -0.110. The van der Waals surface area contributed by atoms with Gasteiger partial charge in [-0.05, 0) is 31.4 Å². The van der Waals surface area contributed by atoms with Crippen LogP contribution in [0.3, 0.4) is 0 Å². The van der Waals surface area contributed by atoms with E-state index in [4.69, 9.17) is 11.8 Å². The largest absolute Gasteiger partial charge is 1.00 e. The minimum Gasteiger partial charge on any atom is -0.458 e. The maximum Gasteiger partial charge on any atom is 1.00 e. The maximum absolute atomic E-state index is 11.0. The van der Waals surface area contributed by atoms with Crippen LogP contribution in [-0.4, -0.2) is 20.9 Å². The van der Waals surface area contributed by atoms with E-state index in [1.165, 1.54) is 37.8 Å². The third-order valence-corrected chi connectivity index (χ3v) is 5.28. The van der Waals surface area contributed by atoms with Crippen molar-refractivity contribution in [3.05, 3.63) is 34.1 Å². The third kappa shape index (κ3) is 8.83. The van der Waals surface area contributed by atoms with Crippen molar-refractivity contribution >= 4 is 27.7 Å². The molecule has 24 heavy (non-hydrogen) atoms. The van der Waals surface area contributed by atoms with Crippen LogP contribution in [0.5, 0.6) is 0 Å². The van der Waals surface area contributed by atoms with Crippen LogP contribution >= 0.6 is 11.8 Å². The number of aryl methyl sites for hydroxylation is 1. The second-order valence-electron chi connectivity index (χ2n) is 5.73. The Balaban J connectivity index is 0.000000425. The van der Waals surface area contributed by atoms with E-state index in [1.807, 2.05) is 6.92 Å². The van der Waals surface area contributed by atoms with Gasteiger partial charge in [-0.15, -0.1) is 0 Å². The first-order valence-corrected chi connectivity index (χ1v) is 9.58. The molecule has 0 spiro atoms. The van der Waals surface area contributed by atoms with E-state index >= 15 is 0 Å².